The zero-order valence-corrected chi connectivity index (χ0v) is 17.7. The highest BCUT2D eigenvalue weighted by Gasteiger charge is 2.30. The van der Waals surface area contributed by atoms with E-state index in [2.05, 4.69) is 21.9 Å². The minimum Gasteiger partial charge on any atom is -0.490 e. The lowest BCUT2D eigenvalue weighted by molar-refractivity contribution is -0.112. The van der Waals surface area contributed by atoms with E-state index in [0.29, 0.717) is 54.6 Å². The van der Waals surface area contributed by atoms with Crippen molar-refractivity contribution in [3.63, 3.8) is 0 Å². The second-order valence-corrected chi connectivity index (χ2v) is 6.80. The van der Waals surface area contributed by atoms with Gasteiger partial charge in [-0.1, -0.05) is 24.8 Å². The second kappa shape index (κ2) is 9.87. The van der Waals surface area contributed by atoms with Crippen molar-refractivity contribution in [3.8, 4) is 0 Å². The lowest BCUT2D eigenvalue weighted by Gasteiger charge is -2.22. The molecule has 0 saturated heterocycles. The van der Waals surface area contributed by atoms with E-state index in [1.807, 2.05) is 51.1 Å². The van der Waals surface area contributed by atoms with Gasteiger partial charge in [0.05, 0.1) is 23.4 Å². The van der Waals surface area contributed by atoms with E-state index in [1.165, 1.54) is 0 Å². The van der Waals surface area contributed by atoms with Crippen molar-refractivity contribution < 1.29 is 14.3 Å². The molecule has 6 heteroatoms. The standard InChI is InChI=1S/C24H27N3O3/c1-5-18-20(14-26-24(18)25-6-2)22(28)19-12-9-13-21(23(19)29-7-3)30-15-17-11-8-10-16(4)27-17/h5-6,8,10-12,14H,2,7,9,13,15H2,1,3-4H3,(H,25,26)/b18-5-. The zero-order chi connectivity index (χ0) is 21.5. The number of hydrogen-bond acceptors (Lipinski definition) is 6. The summed E-state index contributed by atoms with van der Waals surface area (Å²) in [6.45, 7) is 10.1. The van der Waals surface area contributed by atoms with Crippen LogP contribution in [0.4, 0.5) is 0 Å². The fourth-order valence-electron chi connectivity index (χ4n) is 3.41. The number of amidine groups is 1. The van der Waals surface area contributed by atoms with Gasteiger partial charge in [0.15, 0.2) is 11.5 Å². The highest BCUT2D eigenvalue weighted by atomic mass is 16.5. The minimum atomic E-state index is -0.134. The molecule has 0 aromatic carbocycles. The SMILES string of the molecule is C=CNC1=NC=C(C(=O)C2=CCCC(OCc3cccc(C)n3)=C2OCC)/C1=C/C. The Kier molecular flexibility index (Phi) is 7.01. The summed E-state index contributed by atoms with van der Waals surface area (Å²) >= 11 is 0. The van der Waals surface area contributed by atoms with E-state index in [-0.39, 0.29) is 5.78 Å². The molecule has 0 bridgehead atoms. The molecule has 156 valence electrons. The summed E-state index contributed by atoms with van der Waals surface area (Å²) in [5.41, 5.74) is 3.55. The Labute approximate surface area is 177 Å². The molecular formula is C24H27N3O3. The number of allylic oxidation sites excluding steroid dienone is 4. The van der Waals surface area contributed by atoms with Crippen LogP contribution in [-0.2, 0) is 20.9 Å². The number of rotatable bonds is 8. The van der Waals surface area contributed by atoms with Gasteiger partial charge in [-0.05, 0) is 45.5 Å². The average molecular weight is 405 g/mol. The van der Waals surface area contributed by atoms with Crippen LogP contribution in [0.25, 0.3) is 0 Å². The lowest BCUT2D eigenvalue weighted by Crippen LogP contribution is -2.22. The summed E-state index contributed by atoms with van der Waals surface area (Å²) in [7, 11) is 0. The maximum atomic E-state index is 13.4. The molecule has 0 spiro atoms. The number of carbonyl (C=O) groups is 1. The maximum absolute atomic E-state index is 13.4. The van der Waals surface area contributed by atoms with Crippen LogP contribution in [0.2, 0.25) is 0 Å². The van der Waals surface area contributed by atoms with Crippen molar-refractivity contribution in [2.24, 2.45) is 4.99 Å². The number of nitrogens with zero attached hydrogens (tertiary/aromatic N) is 2. The number of hydrogen-bond donors (Lipinski definition) is 1. The van der Waals surface area contributed by atoms with Gasteiger partial charge in [0.25, 0.3) is 0 Å². The first-order valence-corrected chi connectivity index (χ1v) is 10.1. The van der Waals surface area contributed by atoms with Gasteiger partial charge in [0.1, 0.15) is 18.2 Å². The number of aromatic nitrogens is 1. The van der Waals surface area contributed by atoms with Crippen molar-refractivity contribution in [1.29, 1.82) is 0 Å². The summed E-state index contributed by atoms with van der Waals surface area (Å²) in [4.78, 5) is 22.2. The van der Waals surface area contributed by atoms with E-state index >= 15 is 0 Å². The molecule has 30 heavy (non-hydrogen) atoms. The highest BCUT2D eigenvalue weighted by molar-refractivity contribution is 6.22. The van der Waals surface area contributed by atoms with E-state index < -0.39 is 0 Å². The fourth-order valence-corrected chi connectivity index (χ4v) is 3.41. The normalized spacial score (nSPS) is 17.3. The number of Topliss-reactive ketones (excluding diaryl/α,β-unsaturated/α-hetero) is 1. The number of aryl methyl sites for hydroxylation is 1. The summed E-state index contributed by atoms with van der Waals surface area (Å²) < 4.78 is 11.9. The zero-order valence-electron chi connectivity index (χ0n) is 17.7. The topological polar surface area (TPSA) is 72.8 Å². The molecule has 1 aliphatic heterocycles. The molecule has 0 fully saturated rings. The number of ketones is 1. The van der Waals surface area contributed by atoms with Crippen molar-refractivity contribution in [1.82, 2.24) is 10.3 Å². The molecule has 1 aromatic heterocycles. The molecule has 0 radical (unpaired) electrons. The van der Waals surface area contributed by atoms with Crippen LogP contribution in [0.5, 0.6) is 0 Å². The van der Waals surface area contributed by atoms with E-state index in [4.69, 9.17) is 9.47 Å². The molecule has 1 aliphatic carbocycles. The third-order valence-electron chi connectivity index (χ3n) is 4.73. The summed E-state index contributed by atoms with van der Waals surface area (Å²) in [6.07, 6.45) is 8.27. The Hall–Kier alpha value is -3.41. The van der Waals surface area contributed by atoms with Crippen LogP contribution in [-0.4, -0.2) is 23.2 Å². The van der Waals surface area contributed by atoms with Gasteiger partial charge in [-0.2, -0.15) is 0 Å². The van der Waals surface area contributed by atoms with Crippen LogP contribution in [0.1, 0.15) is 38.1 Å². The molecule has 2 aliphatic rings. The van der Waals surface area contributed by atoms with Crippen LogP contribution in [0, 0.1) is 6.92 Å². The predicted octanol–water partition coefficient (Wildman–Crippen LogP) is 4.42. The van der Waals surface area contributed by atoms with Gasteiger partial charge in [-0.3, -0.25) is 9.78 Å². The monoisotopic (exact) mass is 405 g/mol. The summed E-state index contributed by atoms with van der Waals surface area (Å²) in [5, 5.41) is 2.97. The summed E-state index contributed by atoms with van der Waals surface area (Å²) in [5.74, 6) is 1.65. The molecule has 0 unspecified atom stereocenters. The molecule has 0 atom stereocenters. The maximum Gasteiger partial charge on any atom is 0.198 e. The van der Waals surface area contributed by atoms with Gasteiger partial charge < -0.3 is 14.8 Å². The van der Waals surface area contributed by atoms with Gasteiger partial charge in [0.2, 0.25) is 0 Å². The molecule has 2 heterocycles. The first kappa shape index (κ1) is 21.3. The first-order valence-electron chi connectivity index (χ1n) is 10.1. The highest BCUT2D eigenvalue weighted by Crippen LogP contribution is 2.32. The predicted molar refractivity (Wildman–Crippen MR) is 117 cm³/mol. The largest absolute Gasteiger partial charge is 0.490 e. The van der Waals surface area contributed by atoms with E-state index in [0.717, 1.165) is 17.0 Å². The number of nitrogens with one attached hydrogen (secondary N) is 1. The Bertz CT molecular complexity index is 997. The van der Waals surface area contributed by atoms with Crippen molar-refractivity contribution in [2.45, 2.75) is 40.2 Å². The van der Waals surface area contributed by atoms with Gasteiger partial charge in [-0.25, -0.2) is 4.99 Å². The Morgan fingerprint density at radius 2 is 2.13 bits per heavy atom. The molecular weight excluding hydrogens is 378 g/mol. The van der Waals surface area contributed by atoms with Gasteiger partial charge in [-0.15, -0.1) is 0 Å². The van der Waals surface area contributed by atoms with Gasteiger partial charge >= 0.3 is 0 Å². The smallest absolute Gasteiger partial charge is 0.198 e. The number of pyridine rings is 1. The van der Waals surface area contributed by atoms with Crippen molar-refractivity contribution in [2.75, 3.05) is 6.61 Å². The van der Waals surface area contributed by atoms with E-state index in [9.17, 15) is 4.79 Å². The number of ether oxygens (including phenoxy) is 2. The Balaban J connectivity index is 1.84. The van der Waals surface area contributed by atoms with Crippen LogP contribution in [0.15, 0.2) is 82.6 Å². The van der Waals surface area contributed by atoms with Crippen molar-refractivity contribution in [3.05, 3.63) is 89.0 Å². The molecule has 1 N–H and O–H groups in total. The van der Waals surface area contributed by atoms with E-state index in [1.54, 1.807) is 12.4 Å². The van der Waals surface area contributed by atoms with Crippen LogP contribution < -0.4 is 5.32 Å². The summed E-state index contributed by atoms with van der Waals surface area (Å²) in [6, 6.07) is 5.82. The molecule has 1 aromatic rings. The van der Waals surface area contributed by atoms with Crippen LogP contribution in [0.3, 0.4) is 0 Å². The van der Waals surface area contributed by atoms with Crippen LogP contribution >= 0.6 is 0 Å². The molecule has 3 rings (SSSR count). The number of aliphatic imine (C=N–C) groups is 1. The molecule has 6 nitrogen and oxygen atoms in total. The van der Waals surface area contributed by atoms with Gasteiger partial charge in [0, 0.05) is 23.9 Å². The molecule has 0 saturated carbocycles. The first-order chi connectivity index (χ1) is 14.6. The fraction of sp³-hybridized carbons (Fsp3) is 0.292. The minimum absolute atomic E-state index is 0.134. The third kappa shape index (κ3) is 4.59. The van der Waals surface area contributed by atoms with Crippen molar-refractivity contribution >= 4 is 11.6 Å². The lowest BCUT2D eigenvalue weighted by atomic mass is 9.92. The Morgan fingerprint density at radius 1 is 1.30 bits per heavy atom. The second-order valence-electron chi connectivity index (χ2n) is 6.80. The third-order valence-corrected chi connectivity index (χ3v) is 4.73. The molecule has 0 amide bonds. The quantitative estimate of drug-likeness (QED) is 0.693. The average Bonchev–Trinajstić information content (AvgIpc) is 3.15. The Morgan fingerprint density at radius 3 is 2.83 bits per heavy atom. The number of carbonyl (C=O) groups excluding carboxylic acids is 1.